The van der Waals surface area contributed by atoms with Crippen molar-refractivity contribution in [3.05, 3.63) is 26.6 Å². The predicted octanol–water partition coefficient (Wildman–Crippen LogP) is 3.52. The molecule has 0 radical (unpaired) electrons. The van der Waals surface area contributed by atoms with Gasteiger partial charge in [-0.3, -0.25) is 0 Å². The summed E-state index contributed by atoms with van der Waals surface area (Å²) in [4.78, 5) is 18.9. The third-order valence-corrected chi connectivity index (χ3v) is 4.52. The molecule has 0 aliphatic rings. The van der Waals surface area contributed by atoms with Crippen molar-refractivity contribution >= 4 is 39.2 Å². The first-order valence-corrected chi connectivity index (χ1v) is 8.36. The summed E-state index contributed by atoms with van der Waals surface area (Å²) < 4.78 is 1.14. The summed E-state index contributed by atoms with van der Waals surface area (Å²) in [5.41, 5.74) is 0. The van der Waals surface area contributed by atoms with Crippen LogP contribution in [0.2, 0.25) is 0 Å². The van der Waals surface area contributed by atoms with Crippen LogP contribution in [0, 0.1) is 0 Å². The largest absolute Gasteiger partial charge is 0.347 e. The molecule has 2 heterocycles. The minimum Gasteiger partial charge on any atom is -0.347 e. The third-order valence-electron chi connectivity index (χ3n) is 2.91. The number of rotatable bonds is 5. The Balaban J connectivity index is 2.28. The maximum Gasteiger partial charge on any atom is 0.230 e. The first-order chi connectivity index (χ1) is 9.86. The van der Waals surface area contributed by atoms with Gasteiger partial charge in [-0.25, -0.2) is 0 Å². The zero-order chi connectivity index (χ0) is 15.6. The minimum atomic E-state index is 0.273. The summed E-state index contributed by atoms with van der Waals surface area (Å²) in [6.07, 6.45) is 0. The fraction of sp³-hybridized carbons (Fsp3) is 0.500. The van der Waals surface area contributed by atoms with Gasteiger partial charge in [0, 0.05) is 31.9 Å². The van der Waals surface area contributed by atoms with Gasteiger partial charge in [0.25, 0.3) is 0 Å². The van der Waals surface area contributed by atoms with Gasteiger partial charge in [0.05, 0.1) is 10.3 Å². The maximum atomic E-state index is 4.59. The van der Waals surface area contributed by atoms with Crippen molar-refractivity contribution in [3.8, 4) is 0 Å². The van der Waals surface area contributed by atoms with Crippen LogP contribution in [0.25, 0.3) is 0 Å². The summed E-state index contributed by atoms with van der Waals surface area (Å²) in [6.45, 7) is 4.97. The van der Waals surface area contributed by atoms with Gasteiger partial charge in [0.2, 0.25) is 11.9 Å². The van der Waals surface area contributed by atoms with Crippen LogP contribution in [0.15, 0.2) is 15.9 Å². The summed E-state index contributed by atoms with van der Waals surface area (Å²) in [5.74, 6) is 2.50. The number of nitrogens with zero attached hydrogens (tertiary/aromatic N) is 5. The monoisotopic (exact) mass is 369 g/mol. The molecule has 2 aromatic rings. The normalized spacial score (nSPS) is 11.0. The Labute approximate surface area is 138 Å². The second-order valence-corrected chi connectivity index (χ2v) is 7.95. The molecule has 0 fully saturated rings. The lowest BCUT2D eigenvalue weighted by Gasteiger charge is -2.20. The van der Waals surface area contributed by atoms with Gasteiger partial charge in [0.15, 0.2) is 0 Å². The van der Waals surface area contributed by atoms with Crippen molar-refractivity contribution in [2.75, 3.05) is 30.9 Å². The Morgan fingerprint density at radius 1 is 1.10 bits per heavy atom. The Morgan fingerprint density at radius 3 is 2.29 bits per heavy atom. The molecule has 5 nitrogen and oxygen atoms in total. The van der Waals surface area contributed by atoms with Crippen LogP contribution < -0.4 is 9.80 Å². The Kier molecular flexibility index (Phi) is 5.16. The maximum absolute atomic E-state index is 4.59. The lowest BCUT2D eigenvalue weighted by Crippen LogP contribution is -2.23. The van der Waals surface area contributed by atoms with E-state index < -0.39 is 0 Å². The highest BCUT2D eigenvalue weighted by Gasteiger charge is 2.14. The number of aromatic nitrogens is 3. The van der Waals surface area contributed by atoms with Crippen molar-refractivity contribution in [3.63, 3.8) is 0 Å². The average molecular weight is 370 g/mol. The fourth-order valence-electron chi connectivity index (χ4n) is 1.74. The van der Waals surface area contributed by atoms with Crippen molar-refractivity contribution in [1.82, 2.24) is 15.0 Å². The lowest BCUT2D eigenvalue weighted by molar-refractivity contribution is 0.738. The summed E-state index contributed by atoms with van der Waals surface area (Å²) in [5, 5.41) is 0. The van der Waals surface area contributed by atoms with E-state index in [9.17, 15) is 0 Å². The Bertz CT molecular complexity index is 585. The van der Waals surface area contributed by atoms with E-state index in [1.165, 1.54) is 4.88 Å². The molecule has 7 heteroatoms. The van der Waals surface area contributed by atoms with Crippen molar-refractivity contribution < 1.29 is 0 Å². The van der Waals surface area contributed by atoms with E-state index >= 15 is 0 Å². The van der Waals surface area contributed by atoms with E-state index in [0.29, 0.717) is 11.9 Å². The smallest absolute Gasteiger partial charge is 0.230 e. The van der Waals surface area contributed by atoms with E-state index in [4.69, 9.17) is 0 Å². The quantitative estimate of drug-likeness (QED) is 0.806. The molecule has 0 aromatic carbocycles. The van der Waals surface area contributed by atoms with E-state index in [-0.39, 0.29) is 5.92 Å². The van der Waals surface area contributed by atoms with Crippen LogP contribution in [0.3, 0.4) is 0 Å². The molecule has 0 saturated carbocycles. The molecule has 2 rings (SSSR count). The Morgan fingerprint density at radius 2 is 1.76 bits per heavy atom. The molecule has 0 aliphatic heterocycles. The number of hydrogen-bond donors (Lipinski definition) is 0. The van der Waals surface area contributed by atoms with Gasteiger partial charge in [-0.15, -0.1) is 11.3 Å². The number of hydrogen-bond acceptors (Lipinski definition) is 6. The SMILES string of the molecule is CC(C)c1nc(N(C)C)nc(N(C)Cc2ccc(Br)s2)n1. The summed E-state index contributed by atoms with van der Waals surface area (Å²) in [7, 11) is 5.89. The third kappa shape index (κ3) is 4.14. The van der Waals surface area contributed by atoms with Crippen molar-refractivity contribution in [2.45, 2.75) is 26.3 Å². The molecule has 0 spiro atoms. The van der Waals surface area contributed by atoms with Gasteiger partial charge in [-0.05, 0) is 28.1 Å². The summed E-state index contributed by atoms with van der Waals surface area (Å²) in [6, 6.07) is 4.18. The molecule has 0 atom stereocenters. The van der Waals surface area contributed by atoms with Gasteiger partial charge in [0.1, 0.15) is 5.82 Å². The van der Waals surface area contributed by atoms with Crippen LogP contribution in [0.4, 0.5) is 11.9 Å². The minimum absolute atomic E-state index is 0.273. The molecule has 2 aromatic heterocycles. The van der Waals surface area contributed by atoms with E-state index in [0.717, 1.165) is 16.2 Å². The number of anilines is 2. The Hall–Kier alpha value is -1.21. The molecule has 0 saturated heterocycles. The molecule has 0 amide bonds. The number of thiophene rings is 1. The molecule has 0 N–H and O–H groups in total. The molecule has 0 bridgehead atoms. The highest BCUT2D eigenvalue weighted by atomic mass is 79.9. The first kappa shape index (κ1) is 16.2. The van der Waals surface area contributed by atoms with Crippen molar-refractivity contribution in [2.24, 2.45) is 0 Å². The average Bonchev–Trinajstić information content (AvgIpc) is 2.83. The van der Waals surface area contributed by atoms with Gasteiger partial charge >= 0.3 is 0 Å². The standard InChI is InChI=1S/C14H20BrN5S/c1-9(2)12-16-13(19(3)4)18-14(17-12)20(5)8-10-6-7-11(15)21-10/h6-7,9H,8H2,1-5H3. The molecule has 0 unspecified atom stereocenters. The molecule has 21 heavy (non-hydrogen) atoms. The van der Waals surface area contributed by atoms with Crippen LogP contribution in [0.1, 0.15) is 30.5 Å². The molecule has 114 valence electrons. The van der Waals surface area contributed by atoms with E-state index in [1.54, 1.807) is 11.3 Å². The lowest BCUT2D eigenvalue weighted by atomic mass is 10.2. The highest BCUT2D eigenvalue weighted by molar-refractivity contribution is 9.11. The van der Waals surface area contributed by atoms with Crippen LogP contribution >= 0.6 is 27.3 Å². The predicted molar refractivity (Wildman–Crippen MR) is 92.4 cm³/mol. The van der Waals surface area contributed by atoms with Crippen molar-refractivity contribution in [1.29, 1.82) is 0 Å². The number of halogens is 1. The highest BCUT2D eigenvalue weighted by Crippen LogP contribution is 2.24. The van der Waals surface area contributed by atoms with E-state index in [1.807, 2.05) is 26.0 Å². The zero-order valence-electron chi connectivity index (χ0n) is 13.0. The fourth-order valence-corrected chi connectivity index (χ4v) is 3.28. The topological polar surface area (TPSA) is 45.2 Å². The van der Waals surface area contributed by atoms with Gasteiger partial charge in [-0.2, -0.15) is 15.0 Å². The van der Waals surface area contributed by atoms with Crippen LogP contribution in [-0.2, 0) is 6.54 Å². The van der Waals surface area contributed by atoms with E-state index in [2.05, 4.69) is 61.8 Å². The molecule has 0 aliphatic carbocycles. The summed E-state index contributed by atoms with van der Waals surface area (Å²) >= 11 is 5.22. The van der Waals surface area contributed by atoms with Crippen LogP contribution in [-0.4, -0.2) is 36.1 Å². The molecular weight excluding hydrogens is 350 g/mol. The van der Waals surface area contributed by atoms with Crippen LogP contribution in [0.5, 0.6) is 0 Å². The second kappa shape index (κ2) is 6.70. The zero-order valence-corrected chi connectivity index (χ0v) is 15.4. The van der Waals surface area contributed by atoms with Gasteiger partial charge < -0.3 is 9.80 Å². The second-order valence-electron chi connectivity index (χ2n) is 5.40. The van der Waals surface area contributed by atoms with Gasteiger partial charge in [-0.1, -0.05) is 13.8 Å². The molecular formula is C14H20BrN5S. The first-order valence-electron chi connectivity index (χ1n) is 6.75.